The number of aromatic nitrogens is 3. The third-order valence-corrected chi connectivity index (χ3v) is 5.83. The SMILES string of the molecule is Cc1cc(=O)c(C(=O)NCc2ccc(N3CCN(C)CC3)nc2)nn1-c1cccc(C(F)(F)F)c1. The molecule has 1 aliphatic rings. The average Bonchev–Trinajstić information content (AvgIpc) is 2.83. The molecule has 3 aromatic rings. The van der Waals surface area contributed by atoms with Gasteiger partial charge in [0.25, 0.3) is 5.91 Å². The average molecular weight is 486 g/mol. The summed E-state index contributed by atoms with van der Waals surface area (Å²) in [5.74, 6) is 0.135. The van der Waals surface area contributed by atoms with E-state index >= 15 is 0 Å². The van der Waals surface area contributed by atoms with Crippen LogP contribution in [0.1, 0.15) is 27.3 Å². The number of alkyl halides is 3. The minimum atomic E-state index is -4.53. The van der Waals surface area contributed by atoms with Crippen molar-refractivity contribution < 1.29 is 18.0 Å². The van der Waals surface area contributed by atoms with Crippen LogP contribution in [0.25, 0.3) is 5.69 Å². The number of carbonyl (C=O) groups excluding carboxylic acids is 1. The smallest absolute Gasteiger partial charge is 0.354 e. The number of amides is 1. The Morgan fingerprint density at radius 1 is 1.09 bits per heavy atom. The molecule has 11 heteroatoms. The van der Waals surface area contributed by atoms with Crippen LogP contribution < -0.4 is 15.6 Å². The van der Waals surface area contributed by atoms with Gasteiger partial charge in [-0.2, -0.15) is 18.3 Å². The molecule has 1 aromatic carbocycles. The number of anilines is 1. The van der Waals surface area contributed by atoms with E-state index in [2.05, 4.69) is 32.2 Å². The predicted octanol–water partition coefficient (Wildman–Crippen LogP) is 2.64. The number of pyridine rings is 1. The lowest BCUT2D eigenvalue weighted by molar-refractivity contribution is -0.137. The number of likely N-dealkylation sites (N-methyl/N-ethyl adjacent to an activating group) is 1. The fourth-order valence-corrected chi connectivity index (χ4v) is 3.79. The van der Waals surface area contributed by atoms with E-state index < -0.39 is 28.8 Å². The van der Waals surface area contributed by atoms with Gasteiger partial charge in [0, 0.05) is 50.7 Å². The summed E-state index contributed by atoms with van der Waals surface area (Å²) < 4.78 is 40.5. The van der Waals surface area contributed by atoms with E-state index in [1.165, 1.54) is 25.1 Å². The van der Waals surface area contributed by atoms with Gasteiger partial charge in [0.2, 0.25) is 5.43 Å². The Balaban J connectivity index is 1.48. The van der Waals surface area contributed by atoms with E-state index in [4.69, 9.17) is 0 Å². The van der Waals surface area contributed by atoms with Crippen LogP contribution in [0.5, 0.6) is 0 Å². The van der Waals surface area contributed by atoms with Gasteiger partial charge in [-0.25, -0.2) is 9.67 Å². The number of hydrogen-bond donors (Lipinski definition) is 1. The van der Waals surface area contributed by atoms with Crippen molar-refractivity contribution in [1.29, 1.82) is 0 Å². The number of nitrogens with zero attached hydrogens (tertiary/aromatic N) is 5. The lowest BCUT2D eigenvalue weighted by Gasteiger charge is -2.33. The zero-order chi connectivity index (χ0) is 25.2. The first-order valence-corrected chi connectivity index (χ1v) is 11.1. The largest absolute Gasteiger partial charge is 0.416 e. The van der Waals surface area contributed by atoms with Crippen LogP contribution in [0.2, 0.25) is 0 Å². The maximum Gasteiger partial charge on any atom is 0.416 e. The van der Waals surface area contributed by atoms with E-state index in [9.17, 15) is 22.8 Å². The molecule has 1 N–H and O–H groups in total. The summed E-state index contributed by atoms with van der Waals surface area (Å²) in [5.41, 5.74) is -0.749. The molecule has 1 aliphatic heterocycles. The van der Waals surface area contributed by atoms with Crippen molar-refractivity contribution in [2.45, 2.75) is 19.6 Å². The fourth-order valence-electron chi connectivity index (χ4n) is 3.79. The second kappa shape index (κ2) is 9.87. The first kappa shape index (κ1) is 24.4. The molecule has 2 aromatic heterocycles. The summed E-state index contributed by atoms with van der Waals surface area (Å²) in [6.07, 6.45) is -2.87. The van der Waals surface area contributed by atoms with Crippen molar-refractivity contribution in [3.8, 4) is 5.69 Å². The number of aryl methyl sites for hydroxylation is 1. The molecule has 3 heterocycles. The number of piperazine rings is 1. The van der Waals surface area contributed by atoms with Gasteiger partial charge in [-0.05, 0) is 43.8 Å². The summed E-state index contributed by atoms with van der Waals surface area (Å²) >= 11 is 0. The third kappa shape index (κ3) is 5.68. The van der Waals surface area contributed by atoms with Crippen molar-refractivity contribution in [2.75, 3.05) is 38.1 Å². The number of nitrogens with one attached hydrogen (secondary N) is 1. The second-order valence-electron chi connectivity index (χ2n) is 8.46. The highest BCUT2D eigenvalue weighted by atomic mass is 19.4. The monoisotopic (exact) mass is 486 g/mol. The summed E-state index contributed by atoms with van der Waals surface area (Å²) in [6, 6.07) is 9.44. The van der Waals surface area contributed by atoms with Crippen LogP contribution in [-0.2, 0) is 12.7 Å². The summed E-state index contributed by atoms with van der Waals surface area (Å²) in [7, 11) is 2.08. The first-order chi connectivity index (χ1) is 16.6. The summed E-state index contributed by atoms with van der Waals surface area (Å²) in [6.45, 7) is 5.34. The van der Waals surface area contributed by atoms with Crippen LogP contribution in [0.15, 0.2) is 53.5 Å². The van der Waals surface area contributed by atoms with Crippen molar-refractivity contribution in [2.24, 2.45) is 0 Å². The normalized spacial score (nSPS) is 14.7. The van der Waals surface area contributed by atoms with E-state index in [0.29, 0.717) is 5.69 Å². The Morgan fingerprint density at radius 3 is 2.49 bits per heavy atom. The molecule has 8 nitrogen and oxygen atoms in total. The maximum absolute atomic E-state index is 13.1. The molecule has 0 aliphatic carbocycles. The van der Waals surface area contributed by atoms with Crippen LogP contribution in [-0.4, -0.2) is 58.8 Å². The van der Waals surface area contributed by atoms with Crippen molar-refractivity contribution in [3.63, 3.8) is 0 Å². The Morgan fingerprint density at radius 2 is 1.83 bits per heavy atom. The first-order valence-electron chi connectivity index (χ1n) is 11.1. The van der Waals surface area contributed by atoms with Gasteiger partial charge < -0.3 is 15.1 Å². The van der Waals surface area contributed by atoms with Crippen LogP contribution >= 0.6 is 0 Å². The molecule has 184 valence electrons. The molecule has 0 radical (unpaired) electrons. The molecular weight excluding hydrogens is 461 g/mol. The number of benzene rings is 1. The topological polar surface area (TPSA) is 83.4 Å². The Kier molecular flexibility index (Phi) is 6.88. The number of carbonyl (C=O) groups is 1. The molecule has 1 saturated heterocycles. The minimum Gasteiger partial charge on any atom is -0.354 e. The van der Waals surface area contributed by atoms with Crippen molar-refractivity contribution in [3.05, 3.63) is 81.4 Å². The highest BCUT2D eigenvalue weighted by Gasteiger charge is 2.30. The zero-order valence-corrected chi connectivity index (χ0v) is 19.3. The van der Waals surface area contributed by atoms with E-state index in [0.717, 1.165) is 54.4 Å². The van der Waals surface area contributed by atoms with Crippen molar-refractivity contribution >= 4 is 11.7 Å². The van der Waals surface area contributed by atoms with Crippen LogP contribution in [0, 0.1) is 6.92 Å². The lowest BCUT2D eigenvalue weighted by atomic mass is 10.2. The van der Waals surface area contributed by atoms with Gasteiger partial charge in [0.1, 0.15) is 5.82 Å². The third-order valence-electron chi connectivity index (χ3n) is 5.83. The van der Waals surface area contributed by atoms with Crippen molar-refractivity contribution in [1.82, 2.24) is 25.0 Å². The van der Waals surface area contributed by atoms with Crippen LogP contribution in [0.4, 0.5) is 19.0 Å². The molecular formula is C24H25F3N6O2. The quantitative estimate of drug-likeness (QED) is 0.597. The lowest BCUT2D eigenvalue weighted by Crippen LogP contribution is -2.44. The summed E-state index contributed by atoms with van der Waals surface area (Å²) in [4.78, 5) is 34.0. The predicted molar refractivity (Wildman–Crippen MR) is 125 cm³/mol. The van der Waals surface area contributed by atoms with Gasteiger partial charge >= 0.3 is 6.18 Å². The molecule has 0 saturated carbocycles. The second-order valence-corrected chi connectivity index (χ2v) is 8.46. The number of halogens is 3. The Labute approximate surface area is 200 Å². The zero-order valence-electron chi connectivity index (χ0n) is 19.3. The maximum atomic E-state index is 13.1. The van der Waals surface area contributed by atoms with Gasteiger partial charge in [0.15, 0.2) is 5.69 Å². The number of hydrogen-bond acceptors (Lipinski definition) is 6. The van der Waals surface area contributed by atoms with Gasteiger partial charge in [-0.3, -0.25) is 9.59 Å². The molecule has 0 bridgehead atoms. The number of rotatable bonds is 5. The molecule has 0 spiro atoms. The molecule has 35 heavy (non-hydrogen) atoms. The Bertz CT molecular complexity index is 1270. The molecule has 0 unspecified atom stereocenters. The molecule has 1 amide bonds. The Hall–Kier alpha value is -3.73. The minimum absolute atomic E-state index is 0.0927. The summed E-state index contributed by atoms with van der Waals surface area (Å²) in [5, 5.41) is 6.70. The highest BCUT2D eigenvalue weighted by molar-refractivity contribution is 5.92. The fraction of sp³-hybridized carbons (Fsp3) is 0.333. The van der Waals surface area contributed by atoms with Gasteiger partial charge in [0.05, 0.1) is 11.3 Å². The standard InChI is InChI=1S/C24H25F3N6O2/c1-16-12-20(34)22(30-33(16)19-5-3-4-18(13-19)24(25,26)27)23(35)29-15-17-6-7-21(28-14-17)32-10-8-31(2)9-11-32/h3-7,12-14H,8-11,15H2,1-2H3,(H,29,35). The van der Waals surface area contributed by atoms with Gasteiger partial charge in [-0.15, -0.1) is 0 Å². The van der Waals surface area contributed by atoms with E-state index in [1.807, 2.05) is 12.1 Å². The van der Waals surface area contributed by atoms with Crippen LogP contribution in [0.3, 0.4) is 0 Å². The van der Waals surface area contributed by atoms with E-state index in [1.54, 1.807) is 6.20 Å². The highest BCUT2D eigenvalue weighted by Crippen LogP contribution is 2.30. The van der Waals surface area contributed by atoms with E-state index in [-0.39, 0.29) is 12.2 Å². The molecule has 4 rings (SSSR count). The van der Waals surface area contributed by atoms with Gasteiger partial charge in [-0.1, -0.05) is 12.1 Å². The molecule has 1 fully saturated rings. The molecule has 0 atom stereocenters.